The van der Waals surface area contributed by atoms with Crippen LogP contribution in [0.4, 0.5) is 13.2 Å². The van der Waals surface area contributed by atoms with Crippen LogP contribution in [0.15, 0.2) is 29.2 Å². The second-order valence-corrected chi connectivity index (χ2v) is 5.87. The van der Waals surface area contributed by atoms with Crippen LogP contribution in [0.5, 0.6) is 5.75 Å². The number of carbonyl (C=O) groups is 1. The molecule has 0 saturated carbocycles. The number of methoxy groups -OCH3 is 1. The maximum Gasteiger partial charge on any atom is 0.403 e. The lowest BCUT2D eigenvalue weighted by atomic mass is 10.2. The topological polar surface area (TPSA) is 80.7 Å². The van der Waals surface area contributed by atoms with Crippen LogP contribution in [0, 0.1) is 5.92 Å². The number of alkyl halides is 3. The molecule has 0 saturated heterocycles. The van der Waals surface area contributed by atoms with Crippen molar-refractivity contribution >= 4 is 15.8 Å². The molecule has 20 heavy (non-hydrogen) atoms. The largest absolute Gasteiger partial charge is 0.495 e. The van der Waals surface area contributed by atoms with Crippen molar-refractivity contribution in [2.75, 3.05) is 12.9 Å². The standard InChI is InChI=1S/C11H11F3O5S/c1-19-8-4-2-3-5-9(8)20(17,18)6-7(10(15)16)11(12,13)14/h2-5,7H,6H2,1H3,(H,15,16). The van der Waals surface area contributed by atoms with Crippen LogP contribution in [-0.4, -0.2) is 38.5 Å². The highest BCUT2D eigenvalue weighted by Crippen LogP contribution is 2.31. The zero-order valence-corrected chi connectivity index (χ0v) is 11.0. The lowest BCUT2D eigenvalue weighted by Crippen LogP contribution is -2.36. The number of para-hydroxylation sites is 1. The SMILES string of the molecule is COc1ccccc1S(=O)(=O)CC(C(=O)O)C(F)(F)F. The second kappa shape index (κ2) is 5.70. The Morgan fingerprint density at radius 3 is 2.35 bits per heavy atom. The molecule has 0 radical (unpaired) electrons. The van der Waals surface area contributed by atoms with Crippen molar-refractivity contribution in [3.05, 3.63) is 24.3 Å². The van der Waals surface area contributed by atoms with E-state index in [-0.39, 0.29) is 5.75 Å². The Bertz CT molecular complexity index is 594. The monoisotopic (exact) mass is 312 g/mol. The Hall–Kier alpha value is -1.77. The predicted molar refractivity (Wildman–Crippen MR) is 62.2 cm³/mol. The fraction of sp³-hybridized carbons (Fsp3) is 0.364. The third-order valence-corrected chi connectivity index (χ3v) is 4.26. The van der Waals surface area contributed by atoms with E-state index < -0.39 is 38.5 Å². The number of hydrogen-bond donors (Lipinski definition) is 1. The summed E-state index contributed by atoms with van der Waals surface area (Å²) in [6.45, 7) is 0. The van der Waals surface area contributed by atoms with E-state index in [2.05, 4.69) is 0 Å². The number of halogens is 3. The fourth-order valence-electron chi connectivity index (χ4n) is 1.49. The van der Waals surface area contributed by atoms with Gasteiger partial charge in [-0.15, -0.1) is 0 Å². The average molecular weight is 312 g/mol. The molecule has 0 amide bonds. The first kappa shape index (κ1) is 16.3. The number of ether oxygens (including phenoxy) is 1. The van der Waals surface area contributed by atoms with Gasteiger partial charge in [-0.1, -0.05) is 12.1 Å². The molecule has 1 N–H and O–H groups in total. The lowest BCUT2D eigenvalue weighted by Gasteiger charge is -2.17. The van der Waals surface area contributed by atoms with Crippen molar-refractivity contribution < 1.29 is 36.2 Å². The molecule has 0 aliphatic carbocycles. The number of rotatable bonds is 5. The Balaban J connectivity index is 3.21. The Morgan fingerprint density at radius 2 is 1.90 bits per heavy atom. The summed E-state index contributed by atoms with van der Waals surface area (Å²) in [6.07, 6.45) is -5.15. The minimum absolute atomic E-state index is 0.140. The minimum atomic E-state index is -5.15. The van der Waals surface area contributed by atoms with E-state index in [0.29, 0.717) is 0 Å². The maximum atomic E-state index is 12.5. The summed E-state index contributed by atoms with van der Waals surface area (Å²) in [7, 11) is -3.30. The van der Waals surface area contributed by atoms with E-state index in [0.717, 1.165) is 13.2 Å². The molecular formula is C11H11F3O5S. The van der Waals surface area contributed by atoms with Gasteiger partial charge >= 0.3 is 12.1 Å². The Labute approximate surface area is 112 Å². The first-order chi connectivity index (χ1) is 9.09. The molecule has 0 heterocycles. The zero-order valence-electron chi connectivity index (χ0n) is 10.2. The number of carboxylic acids is 1. The van der Waals surface area contributed by atoms with Gasteiger partial charge in [-0.3, -0.25) is 4.79 Å². The summed E-state index contributed by atoms with van der Waals surface area (Å²) in [5.74, 6) is -6.95. The zero-order chi connectivity index (χ0) is 15.6. The molecule has 5 nitrogen and oxygen atoms in total. The van der Waals surface area contributed by atoms with Gasteiger partial charge in [0.2, 0.25) is 0 Å². The molecule has 0 spiro atoms. The summed E-state index contributed by atoms with van der Waals surface area (Å²) in [4.78, 5) is 10.1. The predicted octanol–water partition coefficient (Wildman–Crippen LogP) is 1.73. The number of aliphatic carboxylic acids is 1. The van der Waals surface area contributed by atoms with Crippen molar-refractivity contribution in [2.45, 2.75) is 11.1 Å². The molecule has 1 atom stereocenters. The maximum absolute atomic E-state index is 12.5. The molecule has 112 valence electrons. The molecule has 0 bridgehead atoms. The van der Waals surface area contributed by atoms with Gasteiger partial charge < -0.3 is 9.84 Å². The Morgan fingerprint density at radius 1 is 1.35 bits per heavy atom. The van der Waals surface area contributed by atoms with Crippen LogP contribution in [-0.2, 0) is 14.6 Å². The van der Waals surface area contributed by atoms with Crippen LogP contribution in [0.25, 0.3) is 0 Å². The molecule has 1 rings (SSSR count). The summed E-state index contributed by atoms with van der Waals surface area (Å²) in [6, 6.07) is 5.06. The van der Waals surface area contributed by atoms with Crippen LogP contribution >= 0.6 is 0 Å². The Kier molecular flexibility index (Phi) is 4.64. The smallest absolute Gasteiger partial charge is 0.403 e. The molecule has 1 aromatic carbocycles. The van der Waals surface area contributed by atoms with E-state index in [4.69, 9.17) is 9.84 Å². The van der Waals surface area contributed by atoms with Crippen molar-refractivity contribution in [1.29, 1.82) is 0 Å². The third-order valence-electron chi connectivity index (χ3n) is 2.48. The fourth-order valence-corrected chi connectivity index (χ4v) is 3.18. The molecular weight excluding hydrogens is 301 g/mol. The third kappa shape index (κ3) is 3.62. The van der Waals surface area contributed by atoms with Gasteiger partial charge in [0.05, 0.1) is 12.9 Å². The minimum Gasteiger partial charge on any atom is -0.495 e. The number of carboxylic acid groups (broad SMARTS) is 1. The van der Waals surface area contributed by atoms with Gasteiger partial charge in [0.1, 0.15) is 10.6 Å². The van der Waals surface area contributed by atoms with Crippen molar-refractivity contribution in [1.82, 2.24) is 0 Å². The van der Waals surface area contributed by atoms with E-state index in [1.165, 1.54) is 18.2 Å². The van der Waals surface area contributed by atoms with Gasteiger partial charge in [0, 0.05) is 0 Å². The molecule has 1 aromatic rings. The highest BCUT2D eigenvalue weighted by molar-refractivity contribution is 7.91. The van der Waals surface area contributed by atoms with E-state index in [1.807, 2.05) is 0 Å². The highest BCUT2D eigenvalue weighted by Gasteiger charge is 2.48. The average Bonchev–Trinajstić information content (AvgIpc) is 2.34. The molecule has 1 unspecified atom stereocenters. The van der Waals surface area contributed by atoms with E-state index >= 15 is 0 Å². The molecule has 9 heteroatoms. The number of hydrogen-bond acceptors (Lipinski definition) is 4. The van der Waals surface area contributed by atoms with Gasteiger partial charge in [-0.05, 0) is 12.1 Å². The van der Waals surface area contributed by atoms with Crippen LogP contribution in [0.3, 0.4) is 0 Å². The van der Waals surface area contributed by atoms with Crippen LogP contribution < -0.4 is 4.74 Å². The summed E-state index contributed by atoms with van der Waals surface area (Å²) in [5.41, 5.74) is 0. The van der Waals surface area contributed by atoms with Crippen molar-refractivity contribution in [2.24, 2.45) is 5.92 Å². The van der Waals surface area contributed by atoms with Gasteiger partial charge in [-0.25, -0.2) is 8.42 Å². The van der Waals surface area contributed by atoms with Gasteiger partial charge in [-0.2, -0.15) is 13.2 Å². The van der Waals surface area contributed by atoms with Gasteiger partial charge in [0.15, 0.2) is 15.8 Å². The van der Waals surface area contributed by atoms with Gasteiger partial charge in [0.25, 0.3) is 0 Å². The first-order valence-electron chi connectivity index (χ1n) is 5.25. The second-order valence-electron chi connectivity index (χ2n) is 3.86. The number of benzene rings is 1. The number of sulfone groups is 1. The van der Waals surface area contributed by atoms with Crippen molar-refractivity contribution in [3.8, 4) is 5.75 Å². The van der Waals surface area contributed by atoms with Crippen molar-refractivity contribution in [3.63, 3.8) is 0 Å². The molecule has 0 aromatic heterocycles. The van der Waals surface area contributed by atoms with Crippen LogP contribution in [0.2, 0.25) is 0 Å². The summed E-state index contributed by atoms with van der Waals surface area (Å²) >= 11 is 0. The first-order valence-corrected chi connectivity index (χ1v) is 6.90. The summed E-state index contributed by atoms with van der Waals surface area (Å²) in [5, 5.41) is 8.53. The van der Waals surface area contributed by atoms with E-state index in [9.17, 15) is 26.4 Å². The highest BCUT2D eigenvalue weighted by atomic mass is 32.2. The molecule has 0 fully saturated rings. The van der Waals surface area contributed by atoms with E-state index in [1.54, 1.807) is 0 Å². The van der Waals surface area contributed by atoms with Crippen LogP contribution in [0.1, 0.15) is 0 Å². The quantitative estimate of drug-likeness (QED) is 0.895. The molecule has 0 aliphatic rings. The normalized spacial score (nSPS) is 13.8. The lowest BCUT2D eigenvalue weighted by molar-refractivity contribution is -0.189. The molecule has 0 aliphatic heterocycles. The summed E-state index contributed by atoms with van der Waals surface area (Å²) < 4.78 is 66.2.